The molecule has 0 saturated heterocycles. The molecule has 0 aliphatic heterocycles. The number of nitrogens with one attached hydrogen (secondary N) is 1. The van der Waals surface area contributed by atoms with Gasteiger partial charge in [0.2, 0.25) is 0 Å². The Labute approximate surface area is 169 Å². The third-order valence-electron chi connectivity index (χ3n) is 4.82. The van der Waals surface area contributed by atoms with Crippen molar-refractivity contribution >= 4 is 21.7 Å². The molecular weight excluding hydrogens is 397 g/mol. The molecule has 154 valence electrons. The van der Waals surface area contributed by atoms with E-state index in [1.807, 2.05) is 24.3 Å². The van der Waals surface area contributed by atoms with Gasteiger partial charge in [-0.15, -0.1) is 0 Å². The molecule has 1 atom stereocenters. The summed E-state index contributed by atoms with van der Waals surface area (Å²) in [5, 5.41) is 2.86. The first-order chi connectivity index (χ1) is 13.8. The molecule has 29 heavy (non-hydrogen) atoms. The monoisotopic (exact) mass is 419 g/mol. The fourth-order valence-electron chi connectivity index (χ4n) is 3.34. The average molecular weight is 419 g/mol. The number of hydrogen-bond donors (Lipinski definition) is 1. The maximum atomic E-state index is 12.9. The second-order valence-corrected chi connectivity index (χ2v) is 9.00. The third kappa shape index (κ3) is 5.63. The summed E-state index contributed by atoms with van der Waals surface area (Å²) >= 11 is 0. The highest BCUT2D eigenvalue weighted by Crippen LogP contribution is 2.29. The number of aryl methyl sites for hydroxylation is 1. The van der Waals surface area contributed by atoms with Crippen molar-refractivity contribution in [3.05, 3.63) is 65.5 Å². The number of ether oxygens (including phenoxy) is 1. The van der Waals surface area contributed by atoms with Crippen LogP contribution in [0, 0.1) is 5.82 Å². The molecule has 2 aromatic carbocycles. The van der Waals surface area contributed by atoms with Crippen LogP contribution in [0.1, 0.15) is 36.4 Å². The van der Waals surface area contributed by atoms with E-state index in [1.54, 1.807) is 0 Å². The van der Waals surface area contributed by atoms with Crippen molar-refractivity contribution < 1.29 is 27.1 Å². The number of hydrogen-bond acceptors (Lipinski definition) is 5. The van der Waals surface area contributed by atoms with Crippen molar-refractivity contribution in [1.82, 2.24) is 5.32 Å². The molecule has 1 amide bonds. The molecule has 0 bridgehead atoms. The van der Waals surface area contributed by atoms with Gasteiger partial charge in [0.15, 0.2) is 16.4 Å². The number of fused-ring (bicyclic) bond motifs is 1. The number of sulfone groups is 1. The minimum absolute atomic E-state index is 0.0691. The van der Waals surface area contributed by atoms with Gasteiger partial charge in [0.25, 0.3) is 5.91 Å². The first-order valence-corrected chi connectivity index (χ1v) is 11.0. The lowest BCUT2D eigenvalue weighted by Gasteiger charge is -2.26. The second-order valence-electron chi connectivity index (χ2n) is 6.89. The third-order valence-corrected chi connectivity index (χ3v) is 6.55. The van der Waals surface area contributed by atoms with E-state index in [9.17, 15) is 22.4 Å². The van der Waals surface area contributed by atoms with Gasteiger partial charge < -0.3 is 10.1 Å². The van der Waals surface area contributed by atoms with Gasteiger partial charge in [-0.3, -0.25) is 9.59 Å². The van der Waals surface area contributed by atoms with E-state index in [4.69, 9.17) is 4.74 Å². The molecule has 0 fully saturated rings. The number of halogens is 1. The van der Waals surface area contributed by atoms with E-state index in [1.165, 1.54) is 5.56 Å². The molecule has 8 heteroatoms. The first kappa shape index (κ1) is 21.0. The van der Waals surface area contributed by atoms with Crippen LogP contribution in [0.5, 0.6) is 0 Å². The first-order valence-electron chi connectivity index (χ1n) is 9.36. The van der Waals surface area contributed by atoms with Gasteiger partial charge in [-0.25, -0.2) is 12.8 Å². The summed E-state index contributed by atoms with van der Waals surface area (Å²) in [7, 11) is -3.73. The van der Waals surface area contributed by atoms with Crippen LogP contribution in [0.25, 0.3) is 0 Å². The fourth-order valence-corrected chi connectivity index (χ4v) is 4.56. The van der Waals surface area contributed by atoms with Crippen molar-refractivity contribution in [3.8, 4) is 0 Å². The Bertz CT molecular complexity index is 988. The SMILES string of the molecule is O=C(COC(=O)CCS(=O)(=O)c1ccc(F)cc1)N[C@@H]1CCCc2ccccc21. The van der Waals surface area contributed by atoms with Crippen LogP contribution in [0.4, 0.5) is 4.39 Å². The molecule has 2 aromatic rings. The lowest BCUT2D eigenvalue weighted by Crippen LogP contribution is -2.34. The van der Waals surface area contributed by atoms with E-state index < -0.39 is 39.9 Å². The van der Waals surface area contributed by atoms with Crippen LogP contribution in [0.3, 0.4) is 0 Å². The molecule has 0 heterocycles. The molecule has 0 unspecified atom stereocenters. The van der Waals surface area contributed by atoms with Gasteiger partial charge in [-0.2, -0.15) is 0 Å². The van der Waals surface area contributed by atoms with Gasteiger partial charge in [0.1, 0.15) is 5.82 Å². The summed E-state index contributed by atoms with van der Waals surface area (Å²) in [6, 6.07) is 12.1. The predicted octanol–water partition coefficient (Wildman–Crippen LogP) is 2.73. The summed E-state index contributed by atoms with van der Waals surface area (Å²) in [6.45, 7) is -0.464. The molecule has 0 aromatic heterocycles. The molecular formula is C21H22FNO5S. The Hall–Kier alpha value is -2.74. The molecule has 1 aliphatic carbocycles. The lowest BCUT2D eigenvalue weighted by atomic mass is 9.88. The summed E-state index contributed by atoms with van der Waals surface area (Å²) < 4.78 is 42.1. The number of benzene rings is 2. The second kappa shape index (κ2) is 9.17. The highest BCUT2D eigenvalue weighted by atomic mass is 32.2. The minimum Gasteiger partial charge on any atom is -0.456 e. The van der Waals surface area contributed by atoms with E-state index in [-0.39, 0.29) is 17.4 Å². The largest absolute Gasteiger partial charge is 0.456 e. The minimum atomic E-state index is -3.73. The number of carbonyl (C=O) groups excluding carboxylic acids is 2. The van der Waals surface area contributed by atoms with E-state index in [0.29, 0.717) is 0 Å². The number of rotatable bonds is 7. The average Bonchev–Trinajstić information content (AvgIpc) is 2.71. The van der Waals surface area contributed by atoms with Crippen molar-refractivity contribution in [1.29, 1.82) is 0 Å². The van der Waals surface area contributed by atoms with Crippen molar-refractivity contribution in [2.75, 3.05) is 12.4 Å². The normalized spacial score (nSPS) is 16.0. The maximum absolute atomic E-state index is 12.9. The smallest absolute Gasteiger partial charge is 0.307 e. The highest BCUT2D eigenvalue weighted by Gasteiger charge is 2.22. The maximum Gasteiger partial charge on any atom is 0.307 e. The van der Waals surface area contributed by atoms with Gasteiger partial charge in [0.05, 0.1) is 23.1 Å². The summed E-state index contributed by atoms with van der Waals surface area (Å²) in [6.07, 6.45) is 2.36. The van der Waals surface area contributed by atoms with Crippen LogP contribution in [0.15, 0.2) is 53.4 Å². The number of carbonyl (C=O) groups is 2. The Morgan fingerprint density at radius 3 is 2.59 bits per heavy atom. The fraction of sp³-hybridized carbons (Fsp3) is 0.333. The van der Waals surface area contributed by atoms with E-state index in [0.717, 1.165) is 49.1 Å². The summed E-state index contributed by atoms with van der Waals surface area (Å²) in [5.74, 6) is -2.24. The van der Waals surface area contributed by atoms with Crippen molar-refractivity contribution in [2.24, 2.45) is 0 Å². The highest BCUT2D eigenvalue weighted by molar-refractivity contribution is 7.91. The number of amides is 1. The Morgan fingerprint density at radius 2 is 1.83 bits per heavy atom. The Balaban J connectivity index is 1.46. The summed E-state index contributed by atoms with van der Waals surface area (Å²) in [5.41, 5.74) is 2.27. The molecule has 0 spiro atoms. The lowest BCUT2D eigenvalue weighted by molar-refractivity contribution is -0.148. The van der Waals surface area contributed by atoms with E-state index in [2.05, 4.69) is 5.32 Å². The summed E-state index contributed by atoms with van der Waals surface area (Å²) in [4.78, 5) is 23.9. The molecule has 3 rings (SSSR count). The Morgan fingerprint density at radius 1 is 1.10 bits per heavy atom. The van der Waals surface area contributed by atoms with Gasteiger partial charge in [-0.05, 0) is 54.7 Å². The predicted molar refractivity (Wildman–Crippen MR) is 104 cm³/mol. The van der Waals surface area contributed by atoms with Crippen LogP contribution >= 0.6 is 0 Å². The van der Waals surface area contributed by atoms with Crippen LogP contribution in [-0.2, 0) is 30.6 Å². The van der Waals surface area contributed by atoms with Crippen LogP contribution < -0.4 is 5.32 Å². The molecule has 0 radical (unpaired) electrons. The van der Waals surface area contributed by atoms with E-state index >= 15 is 0 Å². The molecule has 6 nitrogen and oxygen atoms in total. The zero-order valence-electron chi connectivity index (χ0n) is 15.8. The van der Waals surface area contributed by atoms with Crippen molar-refractivity contribution in [2.45, 2.75) is 36.6 Å². The zero-order chi connectivity index (χ0) is 20.9. The van der Waals surface area contributed by atoms with Gasteiger partial charge >= 0.3 is 5.97 Å². The van der Waals surface area contributed by atoms with Crippen LogP contribution in [0.2, 0.25) is 0 Å². The quantitative estimate of drug-likeness (QED) is 0.551. The van der Waals surface area contributed by atoms with Crippen LogP contribution in [-0.4, -0.2) is 32.7 Å². The zero-order valence-corrected chi connectivity index (χ0v) is 16.6. The Kier molecular flexibility index (Phi) is 6.64. The molecule has 0 saturated carbocycles. The van der Waals surface area contributed by atoms with Gasteiger partial charge in [-0.1, -0.05) is 24.3 Å². The standard InChI is InChI=1S/C21H22FNO5S/c22-16-8-10-17(11-9-16)29(26,27)13-12-21(25)28-14-20(24)23-19-7-3-5-15-4-1-2-6-18(15)19/h1-2,4,6,8-11,19H,3,5,7,12-14H2,(H,23,24)/t19-/m1/s1. The molecule has 1 aliphatic rings. The van der Waals surface area contributed by atoms with Crippen molar-refractivity contribution in [3.63, 3.8) is 0 Å². The number of esters is 1. The molecule has 1 N–H and O–H groups in total. The van der Waals surface area contributed by atoms with Gasteiger partial charge in [0, 0.05) is 0 Å². The topological polar surface area (TPSA) is 89.5 Å².